The Kier molecular flexibility index (Phi) is 6.35. The summed E-state index contributed by atoms with van der Waals surface area (Å²) in [7, 11) is 0. The SMILES string of the molecule is Cc1ccc(C(=O)NN2C[C@H](C(=O)OCC(=O)Nc3cccc4ccccc34)CC2=O)cc1. The second-order valence-electron chi connectivity index (χ2n) is 7.89. The van der Waals surface area contributed by atoms with E-state index in [2.05, 4.69) is 10.7 Å². The molecule has 8 heteroatoms. The average Bonchev–Trinajstić information content (AvgIpc) is 3.18. The molecule has 0 spiro atoms. The zero-order chi connectivity index (χ0) is 23.4. The monoisotopic (exact) mass is 445 g/mol. The average molecular weight is 445 g/mol. The van der Waals surface area contributed by atoms with E-state index in [1.807, 2.05) is 43.3 Å². The van der Waals surface area contributed by atoms with Crippen LogP contribution in [0.3, 0.4) is 0 Å². The molecule has 2 N–H and O–H groups in total. The largest absolute Gasteiger partial charge is 0.455 e. The third kappa shape index (κ3) is 5.17. The number of carbonyl (C=O) groups excluding carboxylic acids is 4. The van der Waals surface area contributed by atoms with Crippen LogP contribution in [0, 0.1) is 12.8 Å². The quantitative estimate of drug-likeness (QED) is 0.568. The summed E-state index contributed by atoms with van der Waals surface area (Å²) in [5, 5.41) is 5.71. The van der Waals surface area contributed by atoms with Crippen molar-refractivity contribution in [3.8, 4) is 0 Å². The van der Waals surface area contributed by atoms with Crippen LogP contribution < -0.4 is 10.7 Å². The highest BCUT2D eigenvalue weighted by Crippen LogP contribution is 2.23. The Morgan fingerprint density at radius 2 is 1.73 bits per heavy atom. The van der Waals surface area contributed by atoms with E-state index in [0.29, 0.717) is 11.3 Å². The molecule has 0 saturated carbocycles. The lowest BCUT2D eigenvalue weighted by Crippen LogP contribution is -2.43. The van der Waals surface area contributed by atoms with Crippen LogP contribution in [0.25, 0.3) is 10.8 Å². The van der Waals surface area contributed by atoms with E-state index in [9.17, 15) is 19.2 Å². The predicted molar refractivity (Wildman–Crippen MR) is 122 cm³/mol. The molecule has 1 fully saturated rings. The first-order valence-electron chi connectivity index (χ1n) is 10.5. The van der Waals surface area contributed by atoms with E-state index in [1.54, 1.807) is 30.3 Å². The minimum absolute atomic E-state index is 0.0137. The Bertz CT molecular complexity index is 1220. The van der Waals surface area contributed by atoms with Crippen molar-refractivity contribution in [2.45, 2.75) is 13.3 Å². The standard InChI is InChI=1S/C25H23N3O5/c1-16-9-11-18(12-10-16)24(31)27-28-14-19(13-23(28)30)25(32)33-15-22(29)26-21-8-4-6-17-5-2-3-7-20(17)21/h2-12,19H,13-15H2,1H3,(H,26,29)(H,27,31)/t19-/m1/s1. The summed E-state index contributed by atoms with van der Waals surface area (Å²) in [4.78, 5) is 49.3. The van der Waals surface area contributed by atoms with Crippen LogP contribution in [0.15, 0.2) is 66.7 Å². The number of rotatable bonds is 6. The van der Waals surface area contributed by atoms with Gasteiger partial charge in [-0.1, -0.05) is 54.1 Å². The second-order valence-corrected chi connectivity index (χ2v) is 7.89. The van der Waals surface area contributed by atoms with Gasteiger partial charge in [-0.05, 0) is 30.5 Å². The van der Waals surface area contributed by atoms with Crippen LogP contribution in [0.1, 0.15) is 22.3 Å². The first kappa shape index (κ1) is 22.0. The highest BCUT2D eigenvalue weighted by atomic mass is 16.5. The fraction of sp³-hybridized carbons (Fsp3) is 0.200. The van der Waals surface area contributed by atoms with E-state index in [1.165, 1.54) is 0 Å². The van der Waals surface area contributed by atoms with Gasteiger partial charge in [-0.15, -0.1) is 0 Å². The van der Waals surface area contributed by atoms with E-state index in [-0.39, 0.29) is 13.0 Å². The minimum Gasteiger partial charge on any atom is -0.455 e. The van der Waals surface area contributed by atoms with E-state index >= 15 is 0 Å². The number of hydrogen-bond donors (Lipinski definition) is 2. The van der Waals surface area contributed by atoms with Crippen LogP contribution in [0.4, 0.5) is 5.69 Å². The Morgan fingerprint density at radius 3 is 2.52 bits per heavy atom. The maximum atomic E-state index is 12.4. The summed E-state index contributed by atoms with van der Waals surface area (Å²) in [6.07, 6.45) is -0.0993. The molecule has 3 aromatic rings. The van der Waals surface area contributed by atoms with Crippen molar-refractivity contribution in [2.75, 3.05) is 18.5 Å². The molecule has 1 aliphatic heterocycles. The molecule has 4 rings (SSSR count). The molecular formula is C25H23N3O5. The number of nitrogens with zero attached hydrogens (tertiary/aromatic N) is 1. The van der Waals surface area contributed by atoms with E-state index < -0.39 is 36.2 Å². The van der Waals surface area contributed by atoms with Gasteiger partial charge in [0, 0.05) is 23.1 Å². The summed E-state index contributed by atoms with van der Waals surface area (Å²) in [5.41, 5.74) is 4.56. The van der Waals surface area contributed by atoms with Crippen molar-refractivity contribution in [1.29, 1.82) is 0 Å². The molecular weight excluding hydrogens is 422 g/mol. The third-order valence-corrected chi connectivity index (χ3v) is 5.42. The van der Waals surface area contributed by atoms with Gasteiger partial charge in [0.1, 0.15) is 0 Å². The number of hydrogen-bond acceptors (Lipinski definition) is 5. The minimum atomic E-state index is -0.763. The summed E-state index contributed by atoms with van der Waals surface area (Å²) in [6, 6.07) is 20.0. The Labute approximate surface area is 190 Å². The van der Waals surface area contributed by atoms with Gasteiger partial charge in [-0.3, -0.25) is 29.6 Å². The van der Waals surface area contributed by atoms with Gasteiger partial charge < -0.3 is 10.1 Å². The molecule has 1 atom stereocenters. The highest BCUT2D eigenvalue weighted by Gasteiger charge is 2.36. The lowest BCUT2D eigenvalue weighted by atomic mass is 10.1. The molecule has 168 valence electrons. The maximum Gasteiger partial charge on any atom is 0.311 e. The number of aryl methyl sites for hydroxylation is 1. The number of benzene rings is 3. The zero-order valence-electron chi connectivity index (χ0n) is 18.0. The summed E-state index contributed by atoms with van der Waals surface area (Å²) in [6.45, 7) is 1.42. The third-order valence-electron chi connectivity index (χ3n) is 5.42. The molecule has 33 heavy (non-hydrogen) atoms. The molecule has 0 unspecified atom stereocenters. The van der Waals surface area contributed by atoms with Gasteiger partial charge in [0.2, 0.25) is 5.91 Å². The molecule has 0 radical (unpaired) electrons. The molecule has 8 nitrogen and oxygen atoms in total. The zero-order valence-corrected chi connectivity index (χ0v) is 18.0. The van der Waals surface area contributed by atoms with Gasteiger partial charge in [-0.25, -0.2) is 0 Å². The Hall–Kier alpha value is -4.20. The molecule has 0 aromatic heterocycles. The number of nitrogens with one attached hydrogen (secondary N) is 2. The summed E-state index contributed by atoms with van der Waals surface area (Å²) >= 11 is 0. The number of fused-ring (bicyclic) bond motifs is 1. The van der Waals surface area contributed by atoms with Crippen molar-refractivity contribution in [3.63, 3.8) is 0 Å². The Balaban J connectivity index is 1.29. The predicted octanol–water partition coefficient (Wildman–Crippen LogP) is 2.82. The molecule has 0 bridgehead atoms. The van der Waals surface area contributed by atoms with E-state index in [0.717, 1.165) is 21.3 Å². The number of ether oxygens (including phenoxy) is 1. The van der Waals surface area contributed by atoms with Gasteiger partial charge in [0.25, 0.3) is 11.8 Å². The summed E-state index contributed by atoms with van der Waals surface area (Å²) in [5.74, 6) is -2.73. The smallest absolute Gasteiger partial charge is 0.311 e. The van der Waals surface area contributed by atoms with Gasteiger partial charge in [-0.2, -0.15) is 0 Å². The highest BCUT2D eigenvalue weighted by molar-refractivity contribution is 6.03. The Morgan fingerprint density at radius 1 is 1.00 bits per heavy atom. The topological polar surface area (TPSA) is 105 Å². The first-order valence-corrected chi connectivity index (χ1v) is 10.5. The lowest BCUT2D eigenvalue weighted by Gasteiger charge is -2.17. The van der Waals surface area contributed by atoms with Crippen LogP contribution >= 0.6 is 0 Å². The first-order chi connectivity index (χ1) is 15.9. The van der Waals surface area contributed by atoms with Crippen molar-refractivity contribution < 1.29 is 23.9 Å². The van der Waals surface area contributed by atoms with Crippen LogP contribution in [-0.4, -0.2) is 41.9 Å². The van der Waals surface area contributed by atoms with Crippen molar-refractivity contribution >= 4 is 40.2 Å². The normalized spacial score (nSPS) is 15.4. The van der Waals surface area contributed by atoms with Crippen molar-refractivity contribution in [3.05, 3.63) is 77.9 Å². The maximum absolute atomic E-state index is 12.4. The molecule has 3 aromatic carbocycles. The molecule has 0 aliphatic carbocycles. The lowest BCUT2D eigenvalue weighted by molar-refractivity contribution is -0.151. The molecule has 1 heterocycles. The van der Waals surface area contributed by atoms with Crippen LogP contribution in [-0.2, 0) is 19.1 Å². The fourth-order valence-corrected chi connectivity index (χ4v) is 3.64. The fourth-order valence-electron chi connectivity index (χ4n) is 3.64. The van der Waals surface area contributed by atoms with Crippen LogP contribution in [0.5, 0.6) is 0 Å². The van der Waals surface area contributed by atoms with E-state index in [4.69, 9.17) is 4.74 Å². The number of carbonyl (C=O) groups is 4. The molecule has 3 amide bonds. The number of amides is 3. The second kappa shape index (κ2) is 9.52. The summed E-state index contributed by atoms with van der Waals surface area (Å²) < 4.78 is 5.13. The van der Waals surface area contributed by atoms with Gasteiger partial charge in [0.05, 0.1) is 12.5 Å². The number of anilines is 1. The van der Waals surface area contributed by atoms with Crippen LogP contribution in [0.2, 0.25) is 0 Å². The number of esters is 1. The molecule has 1 aliphatic rings. The van der Waals surface area contributed by atoms with Crippen molar-refractivity contribution in [1.82, 2.24) is 10.4 Å². The van der Waals surface area contributed by atoms with Gasteiger partial charge >= 0.3 is 5.97 Å². The van der Waals surface area contributed by atoms with Gasteiger partial charge in [0.15, 0.2) is 6.61 Å². The molecule has 1 saturated heterocycles. The number of hydrazine groups is 1. The van der Waals surface area contributed by atoms with Crippen molar-refractivity contribution in [2.24, 2.45) is 5.92 Å².